The number of unbranched alkanes of at least 4 members (excludes halogenated alkanes) is 6. The molecule has 0 aromatic heterocycles. The van der Waals surface area contributed by atoms with Gasteiger partial charge in [0.1, 0.15) is 50.8 Å². The van der Waals surface area contributed by atoms with E-state index in [0.717, 1.165) is 85.6 Å². The summed E-state index contributed by atoms with van der Waals surface area (Å²) in [5.41, 5.74) is 4.64. The van der Waals surface area contributed by atoms with Crippen LogP contribution in [0.1, 0.15) is 119 Å². The first kappa shape index (κ1) is 59.8. The Balaban J connectivity index is 1.04. The Labute approximate surface area is 455 Å². The summed E-state index contributed by atoms with van der Waals surface area (Å²) >= 11 is 0. The first-order chi connectivity index (χ1) is 37.7. The van der Waals surface area contributed by atoms with Gasteiger partial charge < -0.3 is 43.2 Å². The molecule has 0 radical (unpaired) electrons. The number of rotatable bonds is 35. The zero-order valence-electron chi connectivity index (χ0n) is 45.0. The maximum atomic E-state index is 13.4. The summed E-state index contributed by atoms with van der Waals surface area (Å²) < 4.78 is 51.0. The van der Waals surface area contributed by atoms with Crippen LogP contribution >= 0.6 is 0 Å². The second-order valence-corrected chi connectivity index (χ2v) is 19.7. The largest absolute Gasteiger partial charge is 0.463 e. The van der Waals surface area contributed by atoms with Gasteiger partial charge in [-0.1, -0.05) is 197 Å². The van der Waals surface area contributed by atoms with Gasteiger partial charge in [0.25, 0.3) is 0 Å². The highest BCUT2D eigenvalue weighted by Crippen LogP contribution is 2.34. The molecule has 1 fully saturated rings. The normalized spacial score (nSPS) is 17.7. The number of hydrogen-bond donors (Lipinski definition) is 1. The molecule has 1 saturated heterocycles. The van der Waals surface area contributed by atoms with E-state index in [1.54, 1.807) is 0 Å². The van der Waals surface area contributed by atoms with Gasteiger partial charge in [-0.3, -0.25) is 19.2 Å². The van der Waals surface area contributed by atoms with Crippen molar-refractivity contribution in [3.63, 3.8) is 0 Å². The average Bonchev–Trinajstić information content (AvgIpc) is 3.46. The lowest BCUT2D eigenvalue weighted by atomic mass is 9.96. The van der Waals surface area contributed by atoms with Crippen molar-refractivity contribution in [3.8, 4) is 0 Å². The Morgan fingerprint density at radius 2 is 0.909 bits per heavy atom. The van der Waals surface area contributed by atoms with Gasteiger partial charge in [0.05, 0.1) is 38.8 Å². The number of allylic oxidation sites excluding steroid dienone is 2. The molecule has 6 rings (SSSR count). The molecule has 13 heteroatoms. The molecule has 1 heterocycles. The molecule has 412 valence electrons. The predicted octanol–water partition coefficient (Wildman–Crippen LogP) is 11.9. The first-order valence-electron chi connectivity index (χ1n) is 27.4. The van der Waals surface area contributed by atoms with Gasteiger partial charge in [0, 0.05) is 6.42 Å². The van der Waals surface area contributed by atoms with Crippen LogP contribution in [0, 0.1) is 5.92 Å². The summed E-state index contributed by atoms with van der Waals surface area (Å²) in [5.74, 6) is -1.53. The number of carbonyl (C=O) groups is 4. The van der Waals surface area contributed by atoms with Crippen molar-refractivity contribution in [1.82, 2.24) is 5.32 Å². The number of carbonyl (C=O) groups excluding carboxylic acids is 4. The minimum absolute atomic E-state index is 0.118. The van der Waals surface area contributed by atoms with Crippen molar-refractivity contribution in [2.24, 2.45) is 5.92 Å². The van der Waals surface area contributed by atoms with Crippen molar-refractivity contribution in [3.05, 3.63) is 192 Å². The maximum Gasteiger partial charge on any atom is 0.325 e. The summed E-state index contributed by atoms with van der Waals surface area (Å²) in [5, 5.41) is 2.66. The van der Waals surface area contributed by atoms with Crippen LogP contribution in [0.2, 0.25) is 0 Å². The molecule has 0 saturated carbocycles. The minimum atomic E-state index is -0.925. The number of amides is 1. The Morgan fingerprint density at radius 1 is 0.481 bits per heavy atom. The van der Waals surface area contributed by atoms with E-state index in [2.05, 4.69) is 31.3 Å². The molecule has 1 amide bonds. The Kier molecular flexibility index (Phi) is 27.2. The fourth-order valence-electron chi connectivity index (χ4n) is 8.77. The Morgan fingerprint density at radius 3 is 1.40 bits per heavy atom. The van der Waals surface area contributed by atoms with E-state index in [1.807, 2.05) is 152 Å². The summed E-state index contributed by atoms with van der Waals surface area (Å²) in [4.78, 5) is 50.3. The molecule has 5 aromatic carbocycles. The molecule has 13 nitrogen and oxygen atoms in total. The highest BCUT2D eigenvalue weighted by Gasteiger charge is 2.50. The molecular weight excluding hydrogens is 975 g/mol. The molecule has 5 aromatic rings. The zero-order chi connectivity index (χ0) is 54.1. The van der Waals surface area contributed by atoms with Gasteiger partial charge >= 0.3 is 17.9 Å². The van der Waals surface area contributed by atoms with Gasteiger partial charge in [0.15, 0.2) is 6.29 Å². The smallest absolute Gasteiger partial charge is 0.325 e. The molecule has 0 unspecified atom stereocenters. The van der Waals surface area contributed by atoms with Crippen LogP contribution < -0.4 is 5.32 Å². The highest BCUT2D eigenvalue weighted by atomic mass is 16.7. The van der Waals surface area contributed by atoms with Crippen molar-refractivity contribution in [2.45, 2.75) is 161 Å². The molecule has 77 heavy (non-hydrogen) atoms. The van der Waals surface area contributed by atoms with E-state index >= 15 is 0 Å². The molecule has 1 N–H and O–H groups in total. The molecule has 0 aliphatic carbocycles. The van der Waals surface area contributed by atoms with Crippen LogP contribution in [0.4, 0.5) is 0 Å². The quantitative estimate of drug-likeness (QED) is 0.0178. The zero-order valence-corrected chi connectivity index (χ0v) is 45.0. The molecule has 1 aliphatic rings. The Hall–Kier alpha value is -6.48. The van der Waals surface area contributed by atoms with Gasteiger partial charge in [-0.15, -0.1) is 0 Å². The molecule has 6 atom stereocenters. The third-order valence-corrected chi connectivity index (χ3v) is 13.2. The van der Waals surface area contributed by atoms with Crippen molar-refractivity contribution < 1.29 is 57.1 Å². The highest BCUT2D eigenvalue weighted by molar-refractivity contribution is 5.81. The number of nitrogens with one attached hydrogen (secondary N) is 1. The summed E-state index contributed by atoms with van der Waals surface area (Å²) in [6, 6.07) is 48.5. The van der Waals surface area contributed by atoms with Crippen LogP contribution in [0.5, 0.6) is 0 Å². The minimum Gasteiger partial charge on any atom is -0.463 e. The van der Waals surface area contributed by atoms with E-state index < -0.39 is 48.6 Å². The molecule has 0 spiro atoms. The lowest BCUT2D eigenvalue weighted by Gasteiger charge is -2.46. The SMILES string of the molecule is CC(C)[C@H](CCCCC/C=C/CCCCCC(=O)NCC(=O)OCc1ccccc1)O[C@@H]1O[C@H](COC(=O)CCC(=O)OCc2ccccc2)[C@@H](OCc2ccccc2)[C@H](OCc2ccccc2)[C@H]1OCc1ccccc1. The Bertz CT molecular complexity index is 2440. The van der Waals surface area contributed by atoms with Crippen molar-refractivity contribution in [1.29, 1.82) is 0 Å². The molecular formula is C64H79NO12. The lowest BCUT2D eigenvalue weighted by Crippen LogP contribution is -2.62. The standard InChI is InChI=1S/C64H79NO12/c1-49(2)55(38-26-9-7-5-3-4-6-8-10-27-39-57(66)65-42-60(69)71-44-51-30-18-12-19-31-51)76-64-63(75-47-54-36-24-15-25-37-54)62(74-46-53-34-22-14-23-35-53)61(73-45-52-32-20-13-21-33-52)56(77-64)48-72-59(68)41-40-58(67)70-43-50-28-16-11-17-29-50/h3-4,11-25,28-37,49,55-56,61-64H,5-10,26-27,38-48H2,1-2H3,(H,65,66)/b4-3+/t55-,56+,61+,62-,63+,64+/m0/s1. The second kappa shape index (κ2) is 35.0. The van der Waals surface area contributed by atoms with Gasteiger partial charge in [0.2, 0.25) is 5.91 Å². The van der Waals surface area contributed by atoms with Gasteiger partial charge in [-0.2, -0.15) is 0 Å². The van der Waals surface area contributed by atoms with E-state index in [1.165, 1.54) is 0 Å². The topological polar surface area (TPSA) is 154 Å². The second-order valence-electron chi connectivity index (χ2n) is 19.7. The average molecular weight is 1050 g/mol. The fourth-order valence-corrected chi connectivity index (χ4v) is 8.77. The van der Waals surface area contributed by atoms with Crippen molar-refractivity contribution >= 4 is 23.8 Å². The fraction of sp³-hybridized carbons (Fsp3) is 0.438. The van der Waals surface area contributed by atoms with E-state index in [9.17, 15) is 19.2 Å². The number of hydrogen-bond acceptors (Lipinski definition) is 12. The number of benzene rings is 5. The van der Waals surface area contributed by atoms with Gasteiger partial charge in [-0.25, -0.2) is 0 Å². The number of ether oxygens (including phenoxy) is 8. The van der Waals surface area contributed by atoms with Crippen molar-refractivity contribution in [2.75, 3.05) is 13.2 Å². The van der Waals surface area contributed by atoms with Crippen LogP contribution in [0.3, 0.4) is 0 Å². The van der Waals surface area contributed by atoms with Crippen LogP contribution in [-0.4, -0.2) is 73.8 Å². The van der Waals surface area contributed by atoms with Crippen LogP contribution in [0.25, 0.3) is 0 Å². The lowest BCUT2D eigenvalue weighted by molar-refractivity contribution is -0.337. The molecule has 0 bridgehead atoms. The summed E-state index contributed by atoms with van der Waals surface area (Å²) in [6.07, 6.45) is 8.71. The monoisotopic (exact) mass is 1050 g/mol. The summed E-state index contributed by atoms with van der Waals surface area (Å²) in [6.45, 7) is 5.04. The third-order valence-electron chi connectivity index (χ3n) is 13.2. The van der Waals surface area contributed by atoms with E-state index in [-0.39, 0.29) is 77.0 Å². The first-order valence-corrected chi connectivity index (χ1v) is 27.4. The summed E-state index contributed by atoms with van der Waals surface area (Å²) in [7, 11) is 0. The van der Waals surface area contributed by atoms with E-state index in [4.69, 9.17) is 37.9 Å². The van der Waals surface area contributed by atoms with E-state index in [0.29, 0.717) is 6.42 Å². The molecule has 1 aliphatic heterocycles. The number of esters is 3. The predicted molar refractivity (Wildman–Crippen MR) is 294 cm³/mol. The van der Waals surface area contributed by atoms with Crippen LogP contribution in [0.15, 0.2) is 164 Å². The maximum absolute atomic E-state index is 13.4. The van der Waals surface area contributed by atoms with Gasteiger partial charge in [-0.05, 0) is 72.3 Å². The third kappa shape index (κ3) is 23.3. The van der Waals surface area contributed by atoms with Crippen LogP contribution in [-0.2, 0) is 90.1 Å².